The van der Waals surface area contributed by atoms with Gasteiger partial charge in [0.1, 0.15) is 0 Å². The Morgan fingerprint density at radius 1 is 1.08 bits per heavy atom. The van der Waals surface area contributed by atoms with Crippen molar-refractivity contribution in [2.24, 2.45) is 5.73 Å². The first kappa shape index (κ1) is 20.1. The Balaban J connectivity index is 1.87. The molecule has 0 aliphatic rings. The minimum atomic E-state index is -0.485. The third-order valence-corrected chi connectivity index (χ3v) is 4.66. The molecule has 26 heavy (non-hydrogen) atoms. The molecule has 2 aromatic rings. The molecule has 4 heteroatoms. The summed E-state index contributed by atoms with van der Waals surface area (Å²) < 4.78 is 0. The fourth-order valence-electron chi connectivity index (χ4n) is 3.11. The van der Waals surface area contributed by atoms with Crippen LogP contribution in [0.5, 0.6) is 0 Å². The Bertz CT molecular complexity index is 698. The number of pyridine rings is 1. The summed E-state index contributed by atoms with van der Waals surface area (Å²) >= 11 is 0. The summed E-state index contributed by atoms with van der Waals surface area (Å²) in [4.78, 5) is 18.5. The highest BCUT2D eigenvalue weighted by molar-refractivity contribution is 5.97. The summed E-state index contributed by atoms with van der Waals surface area (Å²) in [7, 11) is 0. The third kappa shape index (κ3) is 5.95. The van der Waals surface area contributed by atoms with Crippen LogP contribution in [-0.4, -0.2) is 23.5 Å². The van der Waals surface area contributed by atoms with E-state index in [4.69, 9.17) is 5.73 Å². The van der Waals surface area contributed by atoms with Gasteiger partial charge in [-0.25, -0.2) is 0 Å². The molecule has 2 N–H and O–H groups in total. The summed E-state index contributed by atoms with van der Waals surface area (Å²) in [5.41, 5.74) is 10.5. The number of carbonyl (C=O) groups excluding carboxylic acids is 1. The lowest BCUT2D eigenvalue weighted by Gasteiger charge is -2.26. The normalized spacial score (nSPS) is 12.0. The van der Waals surface area contributed by atoms with E-state index < -0.39 is 6.04 Å². The first-order chi connectivity index (χ1) is 12.5. The molecule has 0 saturated carbocycles. The summed E-state index contributed by atoms with van der Waals surface area (Å²) in [5, 5.41) is 0. The molecule has 1 heterocycles. The Morgan fingerprint density at radius 2 is 1.77 bits per heavy atom. The van der Waals surface area contributed by atoms with Gasteiger partial charge >= 0.3 is 0 Å². The number of benzene rings is 1. The lowest BCUT2D eigenvalue weighted by molar-refractivity contribution is -0.119. The topological polar surface area (TPSA) is 59.2 Å². The highest BCUT2D eigenvalue weighted by Gasteiger charge is 2.20. The summed E-state index contributed by atoms with van der Waals surface area (Å²) in [6.45, 7) is 6.58. The van der Waals surface area contributed by atoms with Crippen molar-refractivity contribution >= 4 is 11.6 Å². The average Bonchev–Trinajstić information content (AvgIpc) is 2.63. The van der Waals surface area contributed by atoms with E-state index >= 15 is 0 Å². The highest BCUT2D eigenvalue weighted by atomic mass is 16.2. The molecule has 140 valence electrons. The maximum absolute atomic E-state index is 12.6. The first-order valence-corrected chi connectivity index (χ1v) is 9.52. The monoisotopic (exact) mass is 353 g/mol. The molecule has 0 aliphatic carbocycles. The van der Waals surface area contributed by atoms with Crippen molar-refractivity contribution in [3.8, 4) is 0 Å². The number of rotatable bonds is 9. The zero-order chi connectivity index (χ0) is 18.9. The van der Waals surface area contributed by atoms with E-state index in [9.17, 15) is 4.79 Å². The largest absolute Gasteiger partial charge is 0.320 e. The van der Waals surface area contributed by atoms with Gasteiger partial charge in [0.05, 0.1) is 6.04 Å². The minimum Gasteiger partial charge on any atom is -0.320 e. The Morgan fingerprint density at radius 3 is 2.46 bits per heavy atom. The van der Waals surface area contributed by atoms with Crippen LogP contribution < -0.4 is 10.6 Å². The van der Waals surface area contributed by atoms with Crippen LogP contribution in [0.4, 0.5) is 5.69 Å². The molecule has 4 nitrogen and oxygen atoms in total. The van der Waals surface area contributed by atoms with Gasteiger partial charge in [-0.1, -0.05) is 25.0 Å². The molecule has 0 saturated heterocycles. The average molecular weight is 354 g/mol. The van der Waals surface area contributed by atoms with Crippen molar-refractivity contribution in [2.45, 2.75) is 58.9 Å². The van der Waals surface area contributed by atoms with E-state index in [2.05, 4.69) is 42.2 Å². The van der Waals surface area contributed by atoms with Gasteiger partial charge in [-0.05, 0) is 74.9 Å². The van der Waals surface area contributed by atoms with Gasteiger partial charge in [0, 0.05) is 24.6 Å². The van der Waals surface area contributed by atoms with Crippen LogP contribution in [0.2, 0.25) is 0 Å². The van der Waals surface area contributed by atoms with Crippen molar-refractivity contribution < 1.29 is 4.79 Å². The highest BCUT2D eigenvalue weighted by Crippen LogP contribution is 2.23. The number of nitrogens with two attached hydrogens (primary N) is 1. The van der Waals surface area contributed by atoms with Gasteiger partial charge in [0.15, 0.2) is 0 Å². The van der Waals surface area contributed by atoms with E-state index in [1.54, 1.807) is 6.92 Å². The van der Waals surface area contributed by atoms with Gasteiger partial charge in [0.2, 0.25) is 5.91 Å². The van der Waals surface area contributed by atoms with Gasteiger partial charge in [0.25, 0.3) is 0 Å². The summed E-state index contributed by atoms with van der Waals surface area (Å²) in [6, 6.07) is 9.89. The number of amides is 1. The third-order valence-electron chi connectivity index (χ3n) is 4.66. The second-order valence-corrected chi connectivity index (χ2v) is 7.09. The number of nitrogens with zero attached hydrogens (tertiary/aromatic N) is 2. The smallest absolute Gasteiger partial charge is 0.243 e. The van der Waals surface area contributed by atoms with Crippen LogP contribution in [0.25, 0.3) is 0 Å². The van der Waals surface area contributed by atoms with Gasteiger partial charge in [-0.3, -0.25) is 9.78 Å². The van der Waals surface area contributed by atoms with Crippen LogP contribution in [-0.2, 0) is 11.2 Å². The molecule has 2 rings (SSSR count). The van der Waals surface area contributed by atoms with Crippen LogP contribution in [0.1, 0.15) is 49.3 Å². The number of carbonyl (C=O) groups is 1. The number of anilines is 1. The molecular weight excluding hydrogens is 322 g/mol. The van der Waals surface area contributed by atoms with Gasteiger partial charge in [-0.15, -0.1) is 0 Å². The van der Waals surface area contributed by atoms with Crippen molar-refractivity contribution in [1.82, 2.24) is 4.98 Å². The Kier molecular flexibility index (Phi) is 7.79. The molecule has 1 aromatic carbocycles. The number of aromatic nitrogens is 1. The number of hydrogen-bond acceptors (Lipinski definition) is 3. The Labute approximate surface area is 157 Å². The van der Waals surface area contributed by atoms with Crippen molar-refractivity contribution in [3.63, 3.8) is 0 Å². The first-order valence-electron chi connectivity index (χ1n) is 9.52. The summed E-state index contributed by atoms with van der Waals surface area (Å²) in [6.07, 6.45) is 9.20. The minimum absolute atomic E-state index is 0.00418. The fourth-order valence-corrected chi connectivity index (χ4v) is 3.11. The SMILES string of the molecule is Cc1ccc(C)c(N(CCCCCCc2ccncc2)C(=O)C(C)N)c1. The molecule has 1 aromatic heterocycles. The predicted octanol–water partition coefficient (Wildman–Crippen LogP) is 4.18. The number of unbranched alkanes of at least 4 members (excludes halogenated alkanes) is 3. The zero-order valence-corrected chi connectivity index (χ0v) is 16.2. The Hall–Kier alpha value is -2.20. The molecule has 1 unspecified atom stereocenters. The van der Waals surface area contributed by atoms with Crippen molar-refractivity contribution in [1.29, 1.82) is 0 Å². The molecule has 0 bridgehead atoms. The molecule has 1 atom stereocenters. The lowest BCUT2D eigenvalue weighted by atomic mass is 10.1. The lowest BCUT2D eigenvalue weighted by Crippen LogP contribution is -2.43. The van der Waals surface area contributed by atoms with E-state index in [0.29, 0.717) is 0 Å². The van der Waals surface area contributed by atoms with E-state index in [0.717, 1.165) is 55.5 Å². The quantitative estimate of drug-likeness (QED) is 0.688. The molecule has 0 fully saturated rings. The zero-order valence-electron chi connectivity index (χ0n) is 16.2. The maximum atomic E-state index is 12.6. The molecule has 1 amide bonds. The maximum Gasteiger partial charge on any atom is 0.243 e. The number of aryl methyl sites for hydroxylation is 3. The summed E-state index contributed by atoms with van der Waals surface area (Å²) in [5.74, 6) is -0.00418. The van der Waals surface area contributed by atoms with Gasteiger partial charge in [-0.2, -0.15) is 0 Å². The van der Waals surface area contributed by atoms with Crippen LogP contribution in [0.15, 0.2) is 42.7 Å². The van der Waals surface area contributed by atoms with Crippen molar-refractivity contribution in [2.75, 3.05) is 11.4 Å². The van der Waals surface area contributed by atoms with Crippen molar-refractivity contribution in [3.05, 3.63) is 59.4 Å². The molecule has 0 aliphatic heterocycles. The second kappa shape index (κ2) is 10.1. The number of hydrogen-bond donors (Lipinski definition) is 1. The van der Waals surface area contributed by atoms with E-state index in [1.165, 1.54) is 5.56 Å². The molecule has 0 spiro atoms. The van der Waals surface area contributed by atoms with E-state index in [-0.39, 0.29) is 5.91 Å². The van der Waals surface area contributed by atoms with Crippen LogP contribution >= 0.6 is 0 Å². The van der Waals surface area contributed by atoms with Crippen LogP contribution in [0.3, 0.4) is 0 Å². The molecular formula is C22H31N3O. The predicted molar refractivity (Wildman–Crippen MR) is 108 cm³/mol. The van der Waals surface area contributed by atoms with Crippen LogP contribution in [0, 0.1) is 13.8 Å². The van der Waals surface area contributed by atoms with E-state index in [1.807, 2.05) is 24.2 Å². The second-order valence-electron chi connectivity index (χ2n) is 7.09. The standard InChI is InChI=1S/C22H31N3O/c1-17-9-10-18(2)21(16-17)25(22(26)19(3)23)15-7-5-4-6-8-20-11-13-24-14-12-20/h9-14,16,19H,4-8,15,23H2,1-3H3. The molecule has 0 radical (unpaired) electrons. The van der Waals surface area contributed by atoms with Gasteiger partial charge < -0.3 is 10.6 Å². The fraction of sp³-hybridized carbons (Fsp3) is 0.455.